The van der Waals surface area contributed by atoms with Gasteiger partial charge in [0.2, 0.25) is 5.13 Å². The Morgan fingerprint density at radius 3 is 2.60 bits per heavy atom. The predicted molar refractivity (Wildman–Crippen MR) is 42.3 cm³/mol. The van der Waals surface area contributed by atoms with Gasteiger partial charge in [-0.15, -0.1) is 10.2 Å². The maximum absolute atomic E-state index is 3.90. The minimum Gasteiger partial charge on any atom is -0.347 e. The van der Waals surface area contributed by atoms with Crippen molar-refractivity contribution in [2.24, 2.45) is 0 Å². The summed E-state index contributed by atoms with van der Waals surface area (Å²) in [7, 11) is 0. The lowest BCUT2D eigenvalue weighted by Crippen LogP contribution is -2.21. The van der Waals surface area contributed by atoms with Gasteiger partial charge in [0.1, 0.15) is 0 Å². The Morgan fingerprint density at radius 1 is 1.50 bits per heavy atom. The maximum Gasteiger partial charge on any atom is 0.208 e. The molecule has 0 bridgehead atoms. The monoisotopic (exact) mass is 156 g/mol. The summed E-state index contributed by atoms with van der Waals surface area (Å²) in [5, 5.41) is 8.50. The number of hydrogen-bond donors (Lipinski definition) is 0. The van der Waals surface area contributed by atoms with E-state index in [1.165, 1.54) is 11.3 Å². The van der Waals surface area contributed by atoms with E-state index in [1.54, 1.807) is 0 Å². The second-order valence-corrected chi connectivity index (χ2v) is 2.60. The lowest BCUT2D eigenvalue weighted by atomic mass is 10.6. The van der Waals surface area contributed by atoms with Crippen LogP contribution in [0.25, 0.3) is 0 Å². The highest BCUT2D eigenvalue weighted by Gasteiger charge is 2.03. The Kier molecular flexibility index (Phi) is 2.62. The van der Waals surface area contributed by atoms with Crippen molar-refractivity contribution in [3.8, 4) is 0 Å². The van der Waals surface area contributed by atoms with Crippen LogP contribution >= 0.6 is 11.3 Å². The Labute approximate surface area is 64.7 Å². The van der Waals surface area contributed by atoms with E-state index in [9.17, 15) is 0 Å². The van der Waals surface area contributed by atoms with Gasteiger partial charge >= 0.3 is 0 Å². The molecule has 0 saturated heterocycles. The Hall–Kier alpha value is -0.640. The maximum atomic E-state index is 3.90. The number of anilines is 1. The van der Waals surface area contributed by atoms with E-state index in [-0.39, 0.29) is 0 Å². The molecule has 4 heteroatoms. The molecule has 0 aliphatic carbocycles. The number of rotatable bonds is 3. The highest BCUT2D eigenvalue weighted by atomic mass is 32.1. The SMILES string of the molecule is CCN(CC)c1nn[c]s1. The smallest absolute Gasteiger partial charge is 0.208 e. The largest absolute Gasteiger partial charge is 0.347 e. The van der Waals surface area contributed by atoms with Gasteiger partial charge < -0.3 is 4.90 Å². The van der Waals surface area contributed by atoms with Gasteiger partial charge in [-0.1, -0.05) is 11.3 Å². The normalized spacial score (nSPS) is 9.80. The van der Waals surface area contributed by atoms with E-state index < -0.39 is 0 Å². The average molecular weight is 156 g/mol. The van der Waals surface area contributed by atoms with E-state index >= 15 is 0 Å². The van der Waals surface area contributed by atoms with Crippen molar-refractivity contribution in [1.29, 1.82) is 0 Å². The Bertz CT molecular complexity index is 169. The quantitative estimate of drug-likeness (QED) is 0.658. The third-order valence-electron chi connectivity index (χ3n) is 1.35. The first kappa shape index (κ1) is 7.47. The Balaban J connectivity index is 2.64. The standard InChI is InChI=1S/C6H10N3S/c1-3-9(4-2)6-8-7-5-10-6/h3-4H2,1-2H3. The zero-order chi connectivity index (χ0) is 7.40. The molecular weight excluding hydrogens is 146 g/mol. The molecule has 0 N–H and O–H groups in total. The predicted octanol–water partition coefficient (Wildman–Crippen LogP) is 1.18. The van der Waals surface area contributed by atoms with Crippen molar-refractivity contribution in [2.75, 3.05) is 18.0 Å². The van der Waals surface area contributed by atoms with Crippen molar-refractivity contribution in [3.63, 3.8) is 0 Å². The summed E-state index contributed by atoms with van der Waals surface area (Å²) in [5.74, 6) is 0. The summed E-state index contributed by atoms with van der Waals surface area (Å²) in [6, 6.07) is 0. The van der Waals surface area contributed by atoms with Gasteiger partial charge in [0, 0.05) is 13.1 Å². The third kappa shape index (κ3) is 1.44. The summed E-state index contributed by atoms with van der Waals surface area (Å²) < 4.78 is 0. The Morgan fingerprint density at radius 2 is 2.20 bits per heavy atom. The fourth-order valence-corrected chi connectivity index (χ4v) is 1.40. The molecule has 0 fully saturated rings. The van der Waals surface area contributed by atoms with Crippen LogP contribution in [0.5, 0.6) is 0 Å². The molecule has 0 saturated carbocycles. The first-order chi connectivity index (χ1) is 4.88. The number of hydrogen-bond acceptors (Lipinski definition) is 4. The molecule has 0 spiro atoms. The highest BCUT2D eigenvalue weighted by molar-refractivity contribution is 7.12. The molecule has 0 atom stereocenters. The molecule has 0 aromatic carbocycles. The van der Waals surface area contributed by atoms with Crippen LogP contribution in [0.4, 0.5) is 5.13 Å². The fraction of sp³-hybridized carbons (Fsp3) is 0.667. The summed E-state index contributed by atoms with van der Waals surface area (Å²) in [6.07, 6.45) is 0. The second-order valence-electron chi connectivity index (χ2n) is 1.85. The van der Waals surface area contributed by atoms with Crippen molar-refractivity contribution in [2.45, 2.75) is 13.8 Å². The molecule has 55 valence electrons. The first-order valence-electron chi connectivity index (χ1n) is 3.33. The van der Waals surface area contributed by atoms with Crippen LogP contribution in [0.1, 0.15) is 13.8 Å². The topological polar surface area (TPSA) is 29.0 Å². The molecule has 0 aliphatic rings. The van der Waals surface area contributed by atoms with Gasteiger partial charge in [-0.25, -0.2) is 0 Å². The first-order valence-corrected chi connectivity index (χ1v) is 4.14. The van der Waals surface area contributed by atoms with Gasteiger partial charge in [0.25, 0.3) is 0 Å². The molecule has 10 heavy (non-hydrogen) atoms. The molecule has 1 rings (SSSR count). The number of nitrogens with zero attached hydrogens (tertiary/aromatic N) is 3. The van der Waals surface area contributed by atoms with Crippen molar-refractivity contribution >= 4 is 16.5 Å². The van der Waals surface area contributed by atoms with Crippen LogP contribution in [-0.2, 0) is 0 Å². The van der Waals surface area contributed by atoms with Gasteiger partial charge in [-0.05, 0) is 13.8 Å². The molecule has 0 amide bonds. The summed E-state index contributed by atoms with van der Waals surface area (Å²) in [6.45, 7) is 6.18. The lowest BCUT2D eigenvalue weighted by molar-refractivity contribution is 0.845. The fourth-order valence-electron chi connectivity index (χ4n) is 0.767. The summed E-state index contributed by atoms with van der Waals surface area (Å²) >= 11 is 1.46. The van der Waals surface area contributed by atoms with Crippen LogP contribution < -0.4 is 4.90 Å². The molecule has 0 unspecified atom stereocenters. The number of aromatic nitrogens is 2. The van der Waals surface area contributed by atoms with E-state index in [0.717, 1.165) is 18.2 Å². The minimum absolute atomic E-state index is 0.963. The lowest BCUT2D eigenvalue weighted by Gasteiger charge is -2.15. The zero-order valence-electron chi connectivity index (χ0n) is 6.16. The minimum atomic E-state index is 0.963. The molecule has 1 radical (unpaired) electrons. The van der Waals surface area contributed by atoms with Gasteiger partial charge in [-0.2, -0.15) is 0 Å². The van der Waals surface area contributed by atoms with Crippen LogP contribution in [0.2, 0.25) is 0 Å². The van der Waals surface area contributed by atoms with Crippen LogP contribution in [0.3, 0.4) is 0 Å². The van der Waals surface area contributed by atoms with Crippen LogP contribution in [0, 0.1) is 5.51 Å². The van der Waals surface area contributed by atoms with Gasteiger partial charge in [0.15, 0.2) is 5.51 Å². The van der Waals surface area contributed by atoms with E-state index in [2.05, 4.69) is 34.5 Å². The molecular formula is C6H10N3S. The third-order valence-corrected chi connectivity index (χ3v) is 2.04. The molecule has 3 nitrogen and oxygen atoms in total. The van der Waals surface area contributed by atoms with Crippen LogP contribution in [0.15, 0.2) is 0 Å². The zero-order valence-corrected chi connectivity index (χ0v) is 6.98. The van der Waals surface area contributed by atoms with Crippen molar-refractivity contribution in [3.05, 3.63) is 5.51 Å². The molecule has 0 aliphatic heterocycles. The van der Waals surface area contributed by atoms with Gasteiger partial charge in [0.05, 0.1) is 0 Å². The molecule has 1 aromatic heterocycles. The van der Waals surface area contributed by atoms with E-state index in [1.807, 2.05) is 0 Å². The molecule has 1 aromatic rings. The molecule has 1 heterocycles. The summed E-state index contributed by atoms with van der Waals surface area (Å²) in [5.41, 5.74) is 2.72. The van der Waals surface area contributed by atoms with E-state index in [0.29, 0.717) is 0 Å². The van der Waals surface area contributed by atoms with Crippen molar-refractivity contribution < 1.29 is 0 Å². The van der Waals surface area contributed by atoms with E-state index in [4.69, 9.17) is 0 Å². The van der Waals surface area contributed by atoms with Gasteiger partial charge in [-0.3, -0.25) is 0 Å². The summed E-state index contributed by atoms with van der Waals surface area (Å²) in [4.78, 5) is 2.15. The van der Waals surface area contributed by atoms with Crippen molar-refractivity contribution in [1.82, 2.24) is 10.2 Å². The highest BCUT2D eigenvalue weighted by Crippen LogP contribution is 2.13. The average Bonchev–Trinajstić information content (AvgIpc) is 2.43. The van der Waals surface area contributed by atoms with Crippen LogP contribution in [-0.4, -0.2) is 23.3 Å². The second kappa shape index (κ2) is 3.51.